The predicted molar refractivity (Wildman–Crippen MR) is 91.0 cm³/mol. The van der Waals surface area contributed by atoms with Crippen LogP contribution in [0.5, 0.6) is 5.75 Å². The van der Waals surface area contributed by atoms with Crippen molar-refractivity contribution >= 4 is 28.5 Å². The van der Waals surface area contributed by atoms with Crippen LogP contribution < -0.4 is 15.5 Å². The SMILES string of the molecule is CCOc1cccc2cc(/C(C)=N\NC(=O)C(=O)NC(C)C)oc12. The molecule has 0 bridgehead atoms. The van der Waals surface area contributed by atoms with E-state index in [0.29, 0.717) is 29.4 Å². The van der Waals surface area contributed by atoms with E-state index in [2.05, 4.69) is 15.8 Å². The third kappa shape index (κ3) is 4.13. The molecule has 0 aliphatic heterocycles. The van der Waals surface area contributed by atoms with Crippen LogP contribution in [0.15, 0.2) is 33.8 Å². The van der Waals surface area contributed by atoms with Crippen LogP contribution in [0.2, 0.25) is 0 Å². The number of hydrogen-bond acceptors (Lipinski definition) is 5. The fourth-order valence-electron chi connectivity index (χ4n) is 2.05. The predicted octanol–water partition coefficient (Wildman–Crippen LogP) is 2.20. The normalized spacial score (nSPS) is 11.6. The van der Waals surface area contributed by atoms with Crippen molar-refractivity contribution in [3.8, 4) is 5.75 Å². The Balaban J connectivity index is 2.16. The Morgan fingerprint density at radius 3 is 2.71 bits per heavy atom. The van der Waals surface area contributed by atoms with Crippen molar-refractivity contribution in [3.63, 3.8) is 0 Å². The van der Waals surface area contributed by atoms with Gasteiger partial charge in [0.05, 0.1) is 6.61 Å². The lowest BCUT2D eigenvalue weighted by Gasteiger charge is -2.06. The fourth-order valence-corrected chi connectivity index (χ4v) is 2.05. The third-order valence-electron chi connectivity index (χ3n) is 3.12. The number of furan rings is 1. The summed E-state index contributed by atoms with van der Waals surface area (Å²) >= 11 is 0. The molecule has 0 aliphatic rings. The number of rotatable bonds is 5. The first-order valence-corrected chi connectivity index (χ1v) is 7.73. The molecule has 1 aromatic carbocycles. The molecule has 0 radical (unpaired) electrons. The van der Waals surface area contributed by atoms with Gasteiger partial charge >= 0.3 is 11.8 Å². The summed E-state index contributed by atoms with van der Waals surface area (Å²) in [7, 11) is 0. The van der Waals surface area contributed by atoms with Gasteiger partial charge in [-0.3, -0.25) is 9.59 Å². The Hall–Kier alpha value is -2.83. The number of ether oxygens (including phenoxy) is 1. The third-order valence-corrected chi connectivity index (χ3v) is 3.12. The van der Waals surface area contributed by atoms with Gasteiger partial charge in [0.1, 0.15) is 5.71 Å². The van der Waals surface area contributed by atoms with Crippen molar-refractivity contribution in [2.24, 2.45) is 5.10 Å². The van der Waals surface area contributed by atoms with Crippen LogP contribution in [0, 0.1) is 0 Å². The highest BCUT2D eigenvalue weighted by Gasteiger charge is 2.15. The molecule has 2 aromatic rings. The molecule has 2 N–H and O–H groups in total. The Morgan fingerprint density at radius 1 is 1.29 bits per heavy atom. The van der Waals surface area contributed by atoms with Crippen LogP contribution in [0.25, 0.3) is 11.0 Å². The molecule has 2 amide bonds. The van der Waals surface area contributed by atoms with E-state index in [0.717, 1.165) is 5.39 Å². The number of carbonyl (C=O) groups excluding carboxylic acids is 2. The second-order valence-corrected chi connectivity index (χ2v) is 5.48. The first kappa shape index (κ1) is 17.5. The lowest BCUT2D eigenvalue weighted by atomic mass is 10.2. The lowest BCUT2D eigenvalue weighted by Crippen LogP contribution is -2.41. The fraction of sp³-hybridized carbons (Fsp3) is 0.353. The molecule has 1 heterocycles. The van der Waals surface area contributed by atoms with Crippen molar-refractivity contribution in [2.75, 3.05) is 6.61 Å². The molecular formula is C17H21N3O4. The van der Waals surface area contributed by atoms with Gasteiger partial charge in [0.2, 0.25) is 0 Å². The van der Waals surface area contributed by atoms with Crippen LogP contribution in [0.4, 0.5) is 0 Å². The van der Waals surface area contributed by atoms with Gasteiger partial charge in [0, 0.05) is 11.4 Å². The second kappa shape index (κ2) is 7.63. The van der Waals surface area contributed by atoms with E-state index in [1.165, 1.54) is 0 Å². The number of fused-ring (bicyclic) bond motifs is 1. The largest absolute Gasteiger partial charge is 0.490 e. The standard InChI is InChI=1S/C17H21N3O4/c1-5-23-13-8-6-7-12-9-14(24-15(12)13)11(4)19-20-17(22)16(21)18-10(2)3/h6-10H,5H2,1-4H3,(H,18,21)(H,20,22)/b19-11-. The number of hydrazone groups is 1. The molecule has 0 spiro atoms. The minimum absolute atomic E-state index is 0.124. The minimum atomic E-state index is -0.825. The number of nitrogens with one attached hydrogen (secondary N) is 2. The Morgan fingerprint density at radius 2 is 2.04 bits per heavy atom. The molecule has 0 atom stereocenters. The second-order valence-electron chi connectivity index (χ2n) is 5.48. The van der Waals surface area contributed by atoms with Gasteiger partial charge in [-0.25, -0.2) is 5.43 Å². The zero-order chi connectivity index (χ0) is 17.7. The molecule has 0 saturated carbocycles. The molecule has 24 heavy (non-hydrogen) atoms. The summed E-state index contributed by atoms with van der Waals surface area (Å²) in [5.41, 5.74) is 3.28. The van der Waals surface area contributed by atoms with Gasteiger partial charge in [0.25, 0.3) is 0 Å². The topological polar surface area (TPSA) is 92.9 Å². The van der Waals surface area contributed by atoms with E-state index in [9.17, 15) is 9.59 Å². The Labute approximate surface area is 140 Å². The quantitative estimate of drug-likeness (QED) is 0.499. The number of hydrogen-bond donors (Lipinski definition) is 2. The van der Waals surface area contributed by atoms with E-state index in [-0.39, 0.29) is 6.04 Å². The van der Waals surface area contributed by atoms with E-state index in [1.54, 1.807) is 26.8 Å². The first-order valence-electron chi connectivity index (χ1n) is 7.73. The average molecular weight is 331 g/mol. The summed E-state index contributed by atoms with van der Waals surface area (Å²) in [6.45, 7) is 7.64. The number of nitrogens with zero attached hydrogens (tertiary/aromatic N) is 1. The van der Waals surface area contributed by atoms with E-state index in [4.69, 9.17) is 9.15 Å². The number of amides is 2. The van der Waals surface area contributed by atoms with Gasteiger partial charge in [-0.15, -0.1) is 0 Å². The van der Waals surface area contributed by atoms with Crippen molar-refractivity contribution in [3.05, 3.63) is 30.0 Å². The van der Waals surface area contributed by atoms with Gasteiger partial charge < -0.3 is 14.5 Å². The molecule has 0 unspecified atom stereocenters. The molecule has 1 aromatic heterocycles. The molecular weight excluding hydrogens is 310 g/mol. The summed E-state index contributed by atoms with van der Waals surface area (Å²) in [5, 5.41) is 7.27. The smallest absolute Gasteiger partial charge is 0.329 e. The monoisotopic (exact) mass is 331 g/mol. The first-order chi connectivity index (χ1) is 11.4. The molecule has 0 saturated heterocycles. The van der Waals surface area contributed by atoms with Gasteiger partial charge in [-0.2, -0.15) is 5.10 Å². The molecule has 7 nitrogen and oxygen atoms in total. The van der Waals surface area contributed by atoms with E-state index in [1.807, 2.05) is 25.1 Å². The van der Waals surface area contributed by atoms with E-state index < -0.39 is 11.8 Å². The van der Waals surface area contributed by atoms with Crippen molar-refractivity contribution in [1.82, 2.24) is 10.7 Å². The van der Waals surface area contributed by atoms with E-state index >= 15 is 0 Å². The maximum Gasteiger partial charge on any atom is 0.329 e. The van der Waals surface area contributed by atoms with Crippen molar-refractivity contribution in [2.45, 2.75) is 33.7 Å². The van der Waals surface area contributed by atoms with Gasteiger partial charge in [0.15, 0.2) is 17.1 Å². The minimum Gasteiger partial charge on any atom is -0.490 e. The van der Waals surface area contributed by atoms with Crippen molar-refractivity contribution < 1.29 is 18.7 Å². The molecule has 2 rings (SSSR count). The van der Waals surface area contributed by atoms with Crippen molar-refractivity contribution in [1.29, 1.82) is 0 Å². The number of benzene rings is 1. The molecule has 0 fully saturated rings. The molecule has 7 heteroatoms. The van der Waals surface area contributed by atoms with Crippen LogP contribution in [-0.4, -0.2) is 30.2 Å². The summed E-state index contributed by atoms with van der Waals surface area (Å²) < 4.78 is 11.3. The number of para-hydroxylation sites is 1. The molecule has 0 aliphatic carbocycles. The summed E-state index contributed by atoms with van der Waals surface area (Å²) in [5.74, 6) is -0.421. The number of carbonyl (C=O) groups is 2. The highest BCUT2D eigenvalue weighted by atomic mass is 16.5. The van der Waals surface area contributed by atoms with Gasteiger partial charge in [-0.1, -0.05) is 12.1 Å². The van der Waals surface area contributed by atoms with Crippen LogP contribution in [0.3, 0.4) is 0 Å². The zero-order valence-corrected chi connectivity index (χ0v) is 14.2. The highest BCUT2D eigenvalue weighted by Crippen LogP contribution is 2.28. The Bertz CT molecular complexity index is 777. The maximum atomic E-state index is 11.6. The van der Waals surface area contributed by atoms with Gasteiger partial charge in [-0.05, 0) is 39.8 Å². The summed E-state index contributed by atoms with van der Waals surface area (Å²) in [6, 6.07) is 7.27. The summed E-state index contributed by atoms with van der Waals surface area (Å²) in [4.78, 5) is 23.2. The van der Waals surface area contributed by atoms with Crippen LogP contribution in [-0.2, 0) is 9.59 Å². The molecule has 128 valence electrons. The highest BCUT2D eigenvalue weighted by molar-refractivity contribution is 6.35. The Kier molecular flexibility index (Phi) is 5.57. The van der Waals surface area contributed by atoms with Crippen LogP contribution in [0.1, 0.15) is 33.5 Å². The average Bonchev–Trinajstić information content (AvgIpc) is 2.97. The lowest BCUT2D eigenvalue weighted by molar-refractivity contribution is -0.139. The zero-order valence-electron chi connectivity index (χ0n) is 14.2. The maximum absolute atomic E-state index is 11.6. The van der Waals surface area contributed by atoms with Crippen LogP contribution >= 0.6 is 0 Å². The summed E-state index contributed by atoms with van der Waals surface area (Å²) in [6.07, 6.45) is 0.